The van der Waals surface area contributed by atoms with E-state index in [1.54, 1.807) is 6.07 Å². The van der Waals surface area contributed by atoms with Crippen LogP contribution in [0.2, 0.25) is 10.0 Å². The number of nitrogens with two attached hydrogens (primary N) is 1. The average molecular weight is 324 g/mol. The molecule has 0 bridgehead atoms. The lowest BCUT2D eigenvalue weighted by Gasteiger charge is -2.15. The minimum absolute atomic E-state index is 0.249. The third-order valence-corrected chi connectivity index (χ3v) is 4.28. The Balaban J connectivity index is 2.34. The van der Waals surface area contributed by atoms with Gasteiger partial charge in [0, 0.05) is 23.2 Å². The summed E-state index contributed by atoms with van der Waals surface area (Å²) in [6.07, 6.45) is 1.56. The van der Waals surface area contributed by atoms with Crippen molar-refractivity contribution in [2.45, 2.75) is 26.7 Å². The van der Waals surface area contributed by atoms with Gasteiger partial charge < -0.3 is 10.5 Å². The smallest absolute Gasteiger partial charge is 0.220 e. The Kier molecular flexibility index (Phi) is 3.68. The molecule has 0 radical (unpaired) electrons. The molecule has 0 unspecified atom stereocenters. The number of anilines is 1. The Morgan fingerprint density at radius 1 is 1.29 bits per heavy atom. The molecule has 0 fully saturated rings. The molecule has 0 aliphatic carbocycles. The molecule has 6 heteroatoms. The molecule has 1 aliphatic heterocycles. The van der Waals surface area contributed by atoms with Crippen LogP contribution in [0.3, 0.4) is 0 Å². The van der Waals surface area contributed by atoms with E-state index in [9.17, 15) is 0 Å². The first-order valence-electron chi connectivity index (χ1n) is 6.80. The molecule has 1 aromatic heterocycles. The van der Waals surface area contributed by atoms with Crippen molar-refractivity contribution >= 4 is 29.2 Å². The summed E-state index contributed by atoms with van der Waals surface area (Å²) in [5, 5.41) is 1.10. The minimum atomic E-state index is 0.249. The summed E-state index contributed by atoms with van der Waals surface area (Å²) in [4.78, 5) is 8.66. The van der Waals surface area contributed by atoms with Crippen LogP contribution in [0.1, 0.15) is 23.7 Å². The van der Waals surface area contributed by atoms with Gasteiger partial charge in [0.2, 0.25) is 5.95 Å². The summed E-state index contributed by atoms with van der Waals surface area (Å²) < 4.78 is 5.62. The highest BCUT2D eigenvalue weighted by Crippen LogP contribution is 2.45. The number of hydrogen-bond acceptors (Lipinski definition) is 4. The van der Waals surface area contributed by atoms with E-state index in [1.807, 2.05) is 6.92 Å². The van der Waals surface area contributed by atoms with Crippen molar-refractivity contribution in [3.05, 3.63) is 32.9 Å². The second-order valence-electron chi connectivity index (χ2n) is 4.97. The van der Waals surface area contributed by atoms with Gasteiger partial charge in [-0.2, -0.15) is 0 Å². The van der Waals surface area contributed by atoms with E-state index in [4.69, 9.17) is 33.7 Å². The van der Waals surface area contributed by atoms with Crippen molar-refractivity contribution in [3.63, 3.8) is 0 Å². The van der Waals surface area contributed by atoms with E-state index in [0.717, 1.165) is 40.9 Å². The second-order valence-corrected chi connectivity index (χ2v) is 5.78. The molecule has 2 N–H and O–H groups in total. The van der Waals surface area contributed by atoms with E-state index in [1.165, 1.54) is 0 Å². The Morgan fingerprint density at radius 3 is 2.76 bits per heavy atom. The van der Waals surface area contributed by atoms with E-state index < -0.39 is 0 Å². The number of hydrogen-bond donors (Lipinski definition) is 1. The lowest BCUT2D eigenvalue weighted by Crippen LogP contribution is -2.05. The first kappa shape index (κ1) is 14.4. The highest BCUT2D eigenvalue weighted by atomic mass is 35.5. The van der Waals surface area contributed by atoms with Gasteiger partial charge in [-0.15, -0.1) is 0 Å². The standard InChI is InChI=1S/C15H15Cl2N3O/c1-3-8-7(2)19-15(18)20-13(8)12-9-4-5-21-14(9)11(17)6-10(12)16/h6H,3-5H2,1-2H3,(H2,18,19,20). The number of aryl methyl sites for hydroxylation is 1. The molecule has 110 valence electrons. The molecule has 0 spiro atoms. The SMILES string of the molecule is CCc1c(C)nc(N)nc1-c1c(Cl)cc(Cl)c2c1CCO2. The first-order chi connectivity index (χ1) is 10.0. The quantitative estimate of drug-likeness (QED) is 0.912. The van der Waals surface area contributed by atoms with Crippen LogP contribution in [0.15, 0.2) is 6.07 Å². The van der Waals surface area contributed by atoms with Crippen LogP contribution in [0.25, 0.3) is 11.3 Å². The third-order valence-electron chi connectivity index (χ3n) is 3.71. The summed E-state index contributed by atoms with van der Waals surface area (Å²) in [6.45, 7) is 4.59. The predicted molar refractivity (Wildman–Crippen MR) is 85.2 cm³/mol. The minimum Gasteiger partial charge on any atom is -0.491 e. The van der Waals surface area contributed by atoms with E-state index in [0.29, 0.717) is 22.4 Å². The summed E-state index contributed by atoms with van der Waals surface area (Å²) >= 11 is 12.6. The number of rotatable bonds is 2. The molecule has 3 rings (SSSR count). The van der Waals surface area contributed by atoms with Gasteiger partial charge >= 0.3 is 0 Å². The van der Waals surface area contributed by atoms with Crippen molar-refractivity contribution in [2.75, 3.05) is 12.3 Å². The highest BCUT2D eigenvalue weighted by molar-refractivity contribution is 6.37. The fourth-order valence-electron chi connectivity index (χ4n) is 2.80. The Labute approximate surface area is 133 Å². The molecule has 1 aromatic carbocycles. The van der Waals surface area contributed by atoms with Gasteiger partial charge in [0.1, 0.15) is 5.75 Å². The molecule has 0 saturated carbocycles. The summed E-state index contributed by atoms with van der Waals surface area (Å²) in [6, 6.07) is 1.70. The second kappa shape index (κ2) is 5.35. The fourth-order valence-corrected chi connectivity index (χ4v) is 3.45. The maximum Gasteiger partial charge on any atom is 0.220 e. The van der Waals surface area contributed by atoms with Gasteiger partial charge in [0.25, 0.3) is 0 Å². The topological polar surface area (TPSA) is 61.0 Å². The molecule has 0 atom stereocenters. The summed E-state index contributed by atoms with van der Waals surface area (Å²) in [7, 11) is 0. The van der Waals surface area contributed by atoms with Gasteiger partial charge in [-0.1, -0.05) is 30.1 Å². The zero-order valence-corrected chi connectivity index (χ0v) is 13.3. The average Bonchev–Trinajstić information content (AvgIpc) is 2.87. The van der Waals surface area contributed by atoms with Crippen molar-refractivity contribution in [1.82, 2.24) is 9.97 Å². The number of ether oxygens (including phenoxy) is 1. The van der Waals surface area contributed by atoms with Crippen LogP contribution >= 0.6 is 23.2 Å². The molecule has 2 aromatic rings. The van der Waals surface area contributed by atoms with Crippen LogP contribution in [-0.2, 0) is 12.8 Å². The number of nitrogen functional groups attached to an aromatic ring is 1. The number of aromatic nitrogens is 2. The fraction of sp³-hybridized carbons (Fsp3) is 0.333. The van der Waals surface area contributed by atoms with Crippen LogP contribution in [0.4, 0.5) is 5.95 Å². The van der Waals surface area contributed by atoms with E-state index in [-0.39, 0.29) is 5.95 Å². The third kappa shape index (κ3) is 2.32. The number of nitrogens with zero attached hydrogens (tertiary/aromatic N) is 2. The normalized spacial score (nSPS) is 13.1. The van der Waals surface area contributed by atoms with Crippen LogP contribution in [-0.4, -0.2) is 16.6 Å². The maximum absolute atomic E-state index is 6.44. The largest absolute Gasteiger partial charge is 0.491 e. The van der Waals surface area contributed by atoms with Gasteiger partial charge in [0.15, 0.2) is 0 Å². The van der Waals surface area contributed by atoms with E-state index >= 15 is 0 Å². The number of fused-ring (bicyclic) bond motifs is 1. The van der Waals surface area contributed by atoms with Crippen molar-refractivity contribution in [1.29, 1.82) is 0 Å². The number of halogens is 2. The molecule has 0 saturated heterocycles. The zero-order valence-electron chi connectivity index (χ0n) is 11.8. The molecular weight excluding hydrogens is 309 g/mol. The molecule has 21 heavy (non-hydrogen) atoms. The monoisotopic (exact) mass is 323 g/mol. The summed E-state index contributed by atoms with van der Waals surface area (Å²) in [5.41, 5.74) is 10.4. The van der Waals surface area contributed by atoms with Crippen LogP contribution in [0.5, 0.6) is 5.75 Å². The predicted octanol–water partition coefficient (Wildman–Crippen LogP) is 3.84. The Hall–Kier alpha value is -1.52. The Bertz CT molecular complexity index is 732. The molecule has 0 amide bonds. The molecular formula is C15H15Cl2N3O. The van der Waals surface area contributed by atoms with E-state index in [2.05, 4.69) is 16.9 Å². The molecule has 1 aliphatic rings. The lowest BCUT2D eigenvalue weighted by atomic mass is 9.96. The zero-order chi connectivity index (χ0) is 15.1. The van der Waals surface area contributed by atoms with Gasteiger partial charge in [-0.25, -0.2) is 9.97 Å². The van der Waals surface area contributed by atoms with Crippen molar-refractivity contribution < 1.29 is 4.74 Å². The molecule has 4 nitrogen and oxygen atoms in total. The summed E-state index contributed by atoms with van der Waals surface area (Å²) in [5.74, 6) is 0.950. The number of benzene rings is 1. The van der Waals surface area contributed by atoms with Crippen molar-refractivity contribution in [3.8, 4) is 17.0 Å². The van der Waals surface area contributed by atoms with Crippen LogP contribution < -0.4 is 10.5 Å². The van der Waals surface area contributed by atoms with Crippen LogP contribution in [0, 0.1) is 6.92 Å². The first-order valence-corrected chi connectivity index (χ1v) is 7.55. The molecule has 2 heterocycles. The maximum atomic E-state index is 6.44. The Morgan fingerprint density at radius 2 is 2.05 bits per heavy atom. The van der Waals surface area contributed by atoms with Gasteiger partial charge in [-0.3, -0.25) is 0 Å². The lowest BCUT2D eigenvalue weighted by molar-refractivity contribution is 0.357. The van der Waals surface area contributed by atoms with Gasteiger partial charge in [0.05, 0.1) is 22.3 Å². The van der Waals surface area contributed by atoms with Gasteiger partial charge in [-0.05, 0) is 25.0 Å². The highest BCUT2D eigenvalue weighted by Gasteiger charge is 2.26. The van der Waals surface area contributed by atoms with Crippen molar-refractivity contribution in [2.24, 2.45) is 0 Å².